The van der Waals surface area contributed by atoms with E-state index in [1.807, 2.05) is 11.3 Å². The zero-order valence-corrected chi connectivity index (χ0v) is 40.5. The predicted molar refractivity (Wildman–Crippen MR) is 296 cm³/mol. The Morgan fingerprint density at radius 1 is 0.324 bits per heavy atom. The Labute approximate surface area is 405 Å². The molecule has 0 N–H and O–H groups in total. The van der Waals surface area contributed by atoms with Crippen molar-refractivity contribution in [3.8, 4) is 55.6 Å². The van der Waals surface area contributed by atoms with Gasteiger partial charge in [-0.3, -0.25) is 0 Å². The first-order valence-electron chi connectivity index (χ1n) is 23.8. The minimum atomic E-state index is -0.00921. The lowest BCUT2D eigenvalue weighted by atomic mass is 9.78. The van der Waals surface area contributed by atoms with Gasteiger partial charge in [-0.2, -0.15) is 0 Å². The third kappa shape index (κ3) is 7.99. The van der Waals surface area contributed by atoms with Gasteiger partial charge in [0.05, 0.1) is 11.4 Å². The maximum absolute atomic E-state index is 2.50. The second-order valence-corrected chi connectivity index (χ2v) is 21.2. The van der Waals surface area contributed by atoms with Crippen LogP contribution in [-0.2, 0) is 10.8 Å². The van der Waals surface area contributed by atoms with Crippen LogP contribution in [-0.4, -0.2) is 0 Å². The molecule has 0 spiro atoms. The van der Waals surface area contributed by atoms with E-state index in [1.165, 1.54) is 97.7 Å². The van der Waals surface area contributed by atoms with E-state index < -0.39 is 0 Å². The van der Waals surface area contributed by atoms with Gasteiger partial charge in [0.15, 0.2) is 0 Å². The van der Waals surface area contributed by atoms with Crippen molar-refractivity contribution in [3.05, 3.63) is 236 Å². The lowest BCUT2D eigenvalue weighted by Gasteiger charge is -2.30. The maximum Gasteiger partial charge on any atom is 0.0540 e. The van der Waals surface area contributed by atoms with Crippen molar-refractivity contribution in [1.29, 1.82) is 0 Å². The molecule has 330 valence electrons. The Bertz CT molecular complexity index is 3580. The molecule has 1 heterocycles. The Morgan fingerprint density at radius 2 is 0.765 bits per heavy atom. The van der Waals surface area contributed by atoms with Crippen LogP contribution in [0.3, 0.4) is 0 Å². The van der Waals surface area contributed by atoms with Crippen LogP contribution in [0.2, 0.25) is 0 Å². The van der Waals surface area contributed by atoms with Crippen molar-refractivity contribution in [3.63, 3.8) is 0 Å². The molecule has 11 rings (SSSR count). The number of para-hydroxylation sites is 2. The summed E-state index contributed by atoms with van der Waals surface area (Å²) in [6.07, 6.45) is 0. The minimum absolute atomic E-state index is 0.00921. The van der Waals surface area contributed by atoms with Gasteiger partial charge < -0.3 is 4.90 Å². The molecule has 0 bridgehead atoms. The smallest absolute Gasteiger partial charge is 0.0540 e. The van der Waals surface area contributed by atoms with Gasteiger partial charge in [-0.05, 0) is 114 Å². The van der Waals surface area contributed by atoms with E-state index in [-0.39, 0.29) is 10.8 Å². The molecule has 0 atom stereocenters. The SMILES string of the molecule is CC(C)(C)c1cc(-c2cccc3cccc(-c4ccccc4N(c4ccc(-c5ccc(-c6ccccc6)cc5)cc4)c4ccccc4-c4cccc5sc6ccccc6c45)c23)cc(C(C)(C)C)c1. The number of thiophene rings is 1. The van der Waals surface area contributed by atoms with Crippen LogP contribution in [0.4, 0.5) is 17.1 Å². The van der Waals surface area contributed by atoms with E-state index in [9.17, 15) is 0 Å². The Balaban J connectivity index is 1.13. The maximum atomic E-state index is 2.50. The van der Waals surface area contributed by atoms with Gasteiger partial charge >= 0.3 is 0 Å². The van der Waals surface area contributed by atoms with Crippen LogP contribution in [0.25, 0.3) is 86.6 Å². The molecule has 2 heteroatoms. The van der Waals surface area contributed by atoms with E-state index in [2.05, 4.69) is 271 Å². The van der Waals surface area contributed by atoms with Gasteiger partial charge in [0.2, 0.25) is 0 Å². The van der Waals surface area contributed by atoms with Crippen LogP contribution >= 0.6 is 11.3 Å². The second kappa shape index (κ2) is 17.3. The van der Waals surface area contributed by atoms with Crippen molar-refractivity contribution in [2.24, 2.45) is 0 Å². The van der Waals surface area contributed by atoms with Crippen LogP contribution in [0.5, 0.6) is 0 Å². The van der Waals surface area contributed by atoms with E-state index >= 15 is 0 Å². The minimum Gasteiger partial charge on any atom is -0.309 e. The summed E-state index contributed by atoms with van der Waals surface area (Å²) in [5, 5.41) is 5.07. The normalized spacial score (nSPS) is 12.0. The average molecular weight is 894 g/mol. The highest BCUT2D eigenvalue weighted by molar-refractivity contribution is 7.25. The van der Waals surface area contributed by atoms with E-state index in [0.717, 1.165) is 17.1 Å². The monoisotopic (exact) mass is 893 g/mol. The predicted octanol–water partition coefficient (Wildman–Crippen LogP) is 19.6. The van der Waals surface area contributed by atoms with Crippen molar-refractivity contribution < 1.29 is 0 Å². The van der Waals surface area contributed by atoms with Gasteiger partial charge in [0.25, 0.3) is 0 Å². The van der Waals surface area contributed by atoms with Gasteiger partial charge in [-0.25, -0.2) is 0 Å². The van der Waals surface area contributed by atoms with Crippen molar-refractivity contribution in [1.82, 2.24) is 0 Å². The summed E-state index contributed by atoms with van der Waals surface area (Å²) in [6.45, 7) is 13.9. The summed E-state index contributed by atoms with van der Waals surface area (Å²) in [7, 11) is 0. The Kier molecular flexibility index (Phi) is 10.9. The fraction of sp³-hybridized carbons (Fsp3) is 0.121. The molecule has 1 aromatic heterocycles. The van der Waals surface area contributed by atoms with Gasteiger partial charge in [-0.1, -0.05) is 230 Å². The molecule has 0 saturated carbocycles. The van der Waals surface area contributed by atoms with Gasteiger partial charge in [-0.15, -0.1) is 11.3 Å². The van der Waals surface area contributed by atoms with Gasteiger partial charge in [0.1, 0.15) is 0 Å². The van der Waals surface area contributed by atoms with Crippen LogP contribution < -0.4 is 4.90 Å². The highest BCUT2D eigenvalue weighted by Gasteiger charge is 2.25. The Hall–Kier alpha value is -7.52. The van der Waals surface area contributed by atoms with Crippen LogP contribution in [0.1, 0.15) is 52.7 Å². The summed E-state index contributed by atoms with van der Waals surface area (Å²) in [5.41, 5.74) is 18.1. The molecule has 0 fully saturated rings. The topological polar surface area (TPSA) is 3.24 Å². The number of nitrogens with zero attached hydrogens (tertiary/aromatic N) is 1. The summed E-state index contributed by atoms with van der Waals surface area (Å²) in [5.74, 6) is 0. The van der Waals surface area contributed by atoms with Gasteiger partial charge in [0, 0.05) is 37.0 Å². The molecular weight excluding hydrogens is 839 g/mol. The number of hydrogen-bond acceptors (Lipinski definition) is 2. The fourth-order valence-corrected chi connectivity index (χ4v) is 11.1. The van der Waals surface area contributed by atoms with Crippen molar-refractivity contribution in [2.45, 2.75) is 52.4 Å². The van der Waals surface area contributed by atoms with E-state index in [4.69, 9.17) is 0 Å². The number of rotatable bonds is 8. The molecule has 0 amide bonds. The number of hydrogen-bond donors (Lipinski definition) is 0. The molecule has 0 aliphatic carbocycles. The average Bonchev–Trinajstić information content (AvgIpc) is 3.76. The number of benzene rings is 10. The highest BCUT2D eigenvalue weighted by Crippen LogP contribution is 2.50. The molecule has 0 saturated heterocycles. The third-order valence-electron chi connectivity index (χ3n) is 13.6. The second-order valence-electron chi connectivity index (χ2n) is 20.1. The van der Waals surface area contributed by atoms with Crippen molar-refractivity contribution >= 4 is 59.3 Å². The quantitative estimate of drug-likeness (QED) is 0.147. The first kappa shape index (κ1) is 43.1. The van der Waals surface area contributed by atoms with Crippen molar-refractivity contribution in [2.75, 3.05) is 4.90 Å². The lowest BCUT2D eigenvalue weighted by Crippen LogP contribution is -2.16. The number of anilines is 3. The van der Waals surface area contributed by atoms with E-state index in [0.29, 0.717) is 0 Å². The zero-order valence-electron chi connectivity index (χ0n) is 39.7. The molecule has 0 aliphatic heterocycles. The third-order valence-corrected chi connectivity index (χ3v) is 14.7. The lowest BCUT2D eigenvalue weighted by molar-refractivity contribution is 0.569. The summed E-state index contributed by atoms with van der Waals surface area (Å²) in [6, 6.07) is 83.3. The van der Waals surface area contributed by atoms with Crippen LogP contribution in [0.15, 0.2) is 224 Å². The van der Waals surface area contributed by atoms with Crippen LogP contribution in [0, 0.1) is 0 Å². The summed E-state index contributed by atoms with van der Waals surface area (Å²) in [4.78, 5) is 2.50. The molecular formula is C66H55NS. The Morgan fingerprint density at radius 3 is 1.35 bits per heavy atom. The standard InChI is InChI=1S/C66H55NS/c1-65(2,3)50-41-49(42-51(43-50)66(4,5)6)53-26-16-21-48-22-17-27-56(63(48)53)54-23-10-13-29-59(54)67(52-39-37-47(38-40-52)46-35-33-45(34-36-46)44-19-8-7-9-20-44)60-30-14-11-24-55(60)57-28-18-32-62-64(57)58-25-12-15-31-61(58)68-62/h7-43H,1-6H3. The fourth-order valence-electron chi connectivity index (χ4n) is 9.94. The number of fused-ring (bicyclic) bond motifs is 4. The molecule has 0 radical (unpaired) electrons. The summed E-state index contributed by atoms with van der Waals surface area (Å²) < 4.78 is 2.60. The summed E-state index contributed by atoms with van der Waals surface area (Å²) >= 11 is 1.87. The first-order valence-corrected chi connectivity index (χ1v) is 24.6. The largest absolute Gasteiger partial charge is 0.309 e. The zero-order chi connectivity index (χ0) is 46.6. The molecule has 10 aromatic carbocycles. The molecule has 0 unspecified atom stereocenters. The first-order chi connectivity index (χ1) is 33.0. The molecule has 68 heavy (non-hydrogen) atoms. The highest BCUT2D eigenvalue weighted by atomic mass is 32.1. The molecule has 11 aromatic rings. The molecule has 0 aliphatic rings. The van der Waals surface area contributed by atoms with E-state index in [1.54, 1.807) is 0 Å². The molecule has 1 nitrogen and oxygen atoms in total.